The summed E-state index contributed by atoms with van der Waals surface area (Å²) in [7, 11) is 0. The van der Waals surface area contributed by atoms with Crippen LogP contribution in [-0.2, 0) is 17.9 Å². The van der Waals surface area contributed by atoms with Crippen LogP contribution < -0.4 is 16.8 Å². The molecule has 1 aliphatic rings. The minimum absolute atomic E-state index is 0.0996. The SMILES string of the molecule is CC[C@H]1CN(C(=O)OCc2ccccc2)C[C@H]1Nc1c(C(N)=O)cnn2cc(-c3ccc(CN)nc3)cc12. The Morgan fingerprint density at radius 1 is 1.11 bits per heavy atom. The van der Waals surface area contributed by atoms with Crippen molar-refractivity contribution in [2.24, 2.45) is 17.4 Å². The monoisotopic (exact) mass is 513 g/mol. The summed E-state index contributed by atoms with van der Waals surface area (Å²) >= 11 is 0. The summed E-state index contributed by atoms with van der Waals surface area (Å²) in [4.78, 5) is 31.3. The number of fused-ring (bicyclic) bond motifs is 1. The normalized spacial score (nSPS) is 17.1. The van der Waals surface area contributed by atoms with Crippen LogP contribution in [0.1, 0.15) is 35.0 Å². The van der Waals surface area contributed by atoms with E-state index >= 15 is 0 Å². The van der Waals surface area contributed by atoms with E-state index in [-0.39, 0.29) is 24.7 Å². The van der Waals surface area contributed by atoms with Crippen molar-refractivity contribution in [1.82, 2.24) is 19.5 Å². The first-order chi connectivity index (χ1) is 18.5. The molecule has 0 saturated carbocycles. The number of pyridine rings is 1. The molecular weight excluding hydrogens is 482 g/mol. The zero-order chi connectivity index (χ0) is 26.6. The number of carbonyl (C=O) groups excluding carboxylic acids is 2. The van der Waals surface area contributed by atoms with Crippen molar-refractivity contribution >= 4 is 23.2 Å². The van der Waals surface area contributed by atoms with Crippen LogP contribution >= 0.6 is 0 Å². The third-order valence-corrected chi connectivity index (χ3v) is 7.03. The van der Waals surface area contributed by atoms with Gasteiger partial charge in [0.05, 0.1) is 28.7 Å². The Bertz CT molecular complexity index is 1440. The molecule has 1 aromatic carbocycles. The zero-order valence-corrected chi connectivity index (χ0v) is 21.2. The number of nitrogens with zero attached hydrogens (tertiary/aromatic N) is 4. The molecule has 1 fully saturated rings. The minimum Gasteiger partial charge on any atom is -0.445 e. The summed E-state index contributed by atoms with van der Waals surface area (Å²) in [6, 6.07) is 15.3. The number of benzene rings is 1. The summed E-state index contributed by atoms with van der Waals surface area (Å²) in [5.41, 5.74) is 16.5. The van der Waals surface area contributed by atoms with Crippen LogP contribution in [0.2, 0.25) is 0 Å². The first kappa shape index (κ1) is 25.2. The lowest BCUT2D eigenvalue weighted by atomic mass is 10.00. The van der Waals surface area contributed by atoms with Gasteiger partial charge in [0, 0.05) is 49.2 Å². The molecule has 1 aliphatic heterocycles. The Hall–Kier alpha value is -4.44. The van der Waals surface area contributed by atoms with Gasteiger partial charge in [0.1, 0.15) is 6.61 Å². The fourth-order valence-corrected chi connectivity index (χ4v) is 4.86. The van der Waals surface area contributed by atoms with Crippen LogP contribution in [0.25, 0.3) is 16.6 Å². The zero-order valence-electron chi connectivity index (χ0n) is 21.2. The highest BCUT2D eigenvalue weighted by molar-refractivity contribution is 6.02. The second-order valence-electron chi connectivity index (χ2n) is 9.46. The van der Waals surface area contributed by atoms with E-state index in [0.29, 0.717) is 36.4 Å². The van der Waals surface area contributed by atoms with Crippen molar-refractivity contribution in [2.75, 3.05) is 18.4 Å². The van der Waals surface area contributed by atoms with Crippen molar-refractivity contribution in [2.45, 2.75) is 32.5 Å². The van der Waals surface area contributed by atoms with Crippen LogP contribution in [0.4, 0.5) is 10.5 Å². The molecule has 0 radical (unpaired) electrons. The molecule has 1 saturated heterocycles. The minimum atomic E-state index is -0.579. The van der Waals surface area contributed by atoms with Crippen LogP contribution in [0, 0.1) is 5.92 Å². The molecule has 0 spiro atoms. The van der Waals surface area contributed by atoms with E-state index in [1.54, 1.807) is 15.6 Å². The van der Waals surface area contributed by atoms with Crippen molar-refractivity contribution in [3.63, 3.8) is 0 Å². The molecule has 5 N–H and O–H groups in total. The van der Waals surface area contributed by atoms with Gasteiger partial charge in [-0.05, 0) is 30.0 Å². The van der Waals surface area contributed by atoms with Gasteiger partial charge in [-0.2, -0.15) is 5.10 Å². The number of anilines is 1. The molecule has 2 amide bonds. The van der Waals surface area contributed by atoms with Crippen molar-refractivity contribution < 1.29 is 14.3 Å². The quantitative estimate of drug-likeness (QED) is 0.328. The van der Waals surface area contributed by atoms with Gasteiger partial charge in [-0.1, -0.05) is 43.3 Å². The van der Waals surface area contributed by atoms with Crippen LogP contribution in [0.15, 0.2) is 67.1 Å². The molecule has 0 unspecified atom stereocenters. The van der Waals surface area contributed by atoms with Crippen molar-refractivity contribution in [3.05, 3.63) is 83.9 Å². The summed E-state index contributed by atoms with van der Waals surface area (Å²) in [6.07, 6.45) is 5.61. The summed E-state index contributed by atoms with van der Waals surface area (Å²) in [5.74, 6) is -0.417. The first-order valence-electron chi connectivity index (χ1n) is 12.7. The predicted octanol–water partition coefficient (Wildman–Crippen LogP) is 3.41. The lowest BCUT2D eigenvalue weighted by molar-refractivity contribution is 0.0998. The number of ether oxygens (including phenoxy) is 1. The highest BCUT2D eigenvalue weighted by Crippen LogP contribution is 2.31. The molecule has 0 aliphatic carbocycles. The molecule has 10 nitrogen and oxygen atoms in total. The lowest BCUT2D eigenvalue weighted by Crippen LogP contribution is -2.33. The van der Waals surface area contributed by atoms with E-state index in [9.17, 15) is 9.59 Å². The lowest BCUT2D eigenvalue weighted by Gasteiger charge is -2.21. The smallest absolute Gasteiger partial charge is 0.410 e. The second kappa shape index (κ2) is 10.9. The van der Waals surface area contributed by atoms with Crippen LogP contribution in [-0.4, -0.2) is 50.6 Å². The van der Waals surface area contributed by atoms with Crippen molar-refractivity contribution in [1.29, 1.82) is 0 Å². The number of primary amides is 1. The number of nitrogens with one attached hydrogen (secondary N) is 1. The molecule has 4 aromatic rings. The van der Waals surface area contributed by atoms with E-state index in [2.05, 4.69) is 22.3 Å². The molecule has 196 valence electrons. The molecule has 2 atom stereocenters. The fraction of sp³-hybridized carbons (Fsp3) is 0.286. The van der Waals surface area contributed by atoms with E-state index in [0.717, 1.165) is 28.8 Å². The number of nitrogens with two attached hydrogens (primary N) is 2. The Morgan fingerprint density at radius 2 is 1.92 bits per heavy atom. The van der Waals surface area contributed by atoms with Crippen LogP contribution in [0.3, 0.4) is 0 Å². The Balaban J connectivity index is 1.39. The largest absolute Gasteiger partial charge is 0.445 e. The molecule has 5 rings (SSSR count). The number of amides is 2. The summed E-state index contributed by atoms with van der Waals surface area (Å²) < 4.78 is 7.27. The molecular formula is C28H31N7O3. The fourth-order valence-electron chi connectivity index (χ4n) is 4.86. The van der Waals surface area contributed by atoms with Gasteiger partial charge in [-0.3, -0.25) is 9.78 Å². The molecule has 3 aromatic heterocycles. The molecule has 4 heterocycles. The average Bonchev–Trinajstić information content (AvgIpc) is 3.57. The van der Waals surface area contributed by atoms with Gasteiger partial charge in [-0.15, -0.1) is 0 Å². The van der Waals surface area contributed by atoms with Gasteiger partial charge in [-0.25, -0.2) is 9.31 Å². The first-order valence-corrected chi connectivity index (χ1v) is 12.7. The average molecular weight is 514 g/mol. The standard InChI is InChI=1S/C28H31N7O3/c1-2-19-14-34(28(37)38-17-18-6-4-3-5-7-18)16-24(19)33-26-23(27(30)36)13-32-35-15-21(10-25(26)35)20-8-9-22(11-29)31-12-20/h3-10,12-13,15,19,24,33H,2,11,14,16-17,29H2,1H3,(H2,30,36)/t19-,24+/m0/s1. The maximum absolute atomic E-state index is 12.8. The van der Waals surface area contributed by atoms with Gasteiger partial charge >= 0.3 is 6.09 Å². The van der Waals surface area contributed by atoms with Gasteiger partial charge in [0.25, 0.3) is 5.91 Å². The maximum Gasteiger partial charge on any atom is 0.410 e. The predicted molar refractivity (Wildman–Crippen MR) is 144 cm³/mol. The maximum atomic E-state index is 12.8. The van der Waals surface area contributed by atoms with Crippen molar-refractivity contribution in [3.8, 4) is 11.1 Å². The Morgan fingerprint density at radius 3 is 2.61 bits per heavy atom. The number of aromatic nitrogens is 3. The van der Waals surface area contributed by atoms with E-state index < -0.39 is 5.91 Å². The Kier molecular flexibility index (Phi) is 7.23. The topological polar surface area (TPSA) is 141 Å². The van der Waals surface area contributed by atoms with Gasteiger partial charge < -0.3 is 26.4 Å². The number of hydrogen-bond donors (Lipinski definition) is 3. The van der Waals surface area contributed by atoms with Gasteiger partial charge in [0.2, 0.25) is 0 Å². The van der Waals surface area contributed by atoms with E-state index in [1.807, 2.05) is 54.7 Å². The highest BCUT2D eigenvalue weighted by atomic mass is 16.6. The second-order valence-corrected chi connectivity index (χ2v) is 9.46. The third kappa shape index (κ3) is 5.16. The highest BCUT2D eigenvalue weighted by Gasteiger charge is 2.36. The Labute approximate surface area is 220 Å². The number of carbonyl (C=O) groups is 2. The van der Waals surface area contributed by atoms with E-state index in [4.69, 9.17) is 16.2 Å². The summed E-state index contributed by atoms with van der Waals surface area (Å²) in [5, 5.41) is 7.94. The molecule has 10 heteroatoms. The number of hydrogen-bond acceptors (Lipinski definition) is 7. The number of likely N-dealkylation sites (tertiary alicyclic amines) is 1. The molecule has 0 bridgehead atoms. The van der Waals surface area contributed by atoms with Crippen LogP contribution in [0.5, 0.6) is 0 Å². The molecule has 38 heavy (non-hydrogen) atoms. The number of rotatable bonds is 8. The van der Waals surface area contributed by atoms with E-state index in [1.165, 1.54) is 6.20 Å². The summed E-state index contributed by atoms with van der Waals surface area (Å²) in [6.45, 7) is 3.67. The van der Waals surface area contributed by atoms with Gasteiger partial charge in [0.15, 0.2) is 0 Å². The third-order valence-electron chi connectivity index (χ3n) is 7.03.